The molecule has 4 N–H and O–H groups in total. The summed E-state index contributed by atoms with van der Waals surface area (Å²) >= 11 is 0. The van der Waals surface area contributed by atoms with Gasteiger partial charge in [-0.25, -0.2) is 4.98 Å². The van der Waals surface area contributed by atoms with E-state index >= 15 is 0 Å². The van der Waals surface area contributed by atoms with Gasteiger partial charge in [0.25, 0.3) is 0 Å². The number of rotatable bonds is 8. The Hall–Kier alpha value is -3.27. The Kier molecular flexibility index (Phi) is 7.26. The minimum absolute atomic E-state index is 0.195. The van der Waals surface area contributed by atoms with Crippen LogP contribution in [0.2, 0.25) is 0 Å². The van der Waals surface area contributed by atoms with Gasteiger partial charge >= 0.3 is 6.18 Å². The number of aromatic amines is 1. The van der Waals surface area contributed by atoms with Crippen LogP contribution in [-0.4, -0.2) is 45.3 Å². The van der Waals surface area contributed by atoms with Gasteiger partial charge in [0.2, 0.25) is 0 Å². The standard InChI is InChI=1S/C28H34F3N7/c1-16(34-20-11-3-4-12-20)24-26-21(14-22(35-24)28(29,30)31)25(36-37-26)19-10-6-9-18(13-19)23(17-7-5-8-17)27(33)38(2)15-32/h6,9-10,13-17,20,23,32-34H,3-5,7-8,11-12H2,1-2H3,(H,36,37). The predicted octanol–water partition coefficient (Wildman–Crippen LogP) is 6.64. The minimum atomic E-state index is -4.59. The molecule has 2 atom stereocenters. The molecule has 2 aliphatic rings. The van der Waals surface area contributed by atoms with Crippen molar-refractivity contribution in [2.24, 2.45) is 5.92 Å². The number of benzene rings is 1. The van der Waals surface area contributed by atoms with Crippen molar-refractivity contribution in [3.05, 3.63) is 47.3 Å². The number of amidine groups is 1. The molecule has 2 heterocycles. The van der Waals surface area contributed by atoms with Crippen LogP contribution < -0.4 is 5.32 Å². The molecular weight excluding hydrogens is 491 g/mol. The summed E-state index contributed by atoms with van der Waals surface area (Å²) in [6.45, 7) is 1.86. The summed E-state index contributed by atoms with van der Waals surface area (Å²) in [5.41, 5.74) is 1.92. The molecule has 38 heavy (non-hydrogen) atoms. The SMILES string of the molecule is CC(NC1CCCC1)c1nc(C(F)(F)F)cc2c(-c3cccc(C(C(=N)N(C)C=N)C4CCC4)c3)n[nH]c12. The Morgan fingerprint density at radius 2 is 1.89 bits per heavy atom. The number of alkyl halides is 3. The maximum Gasteiger partial charge on any atom is 0.433 e. The molecule has 0 aliphatic heterocycles. The van der Waals surface area contributed by atoms with Crippen molar-refractivity contribution < 1.29 is 13.2 Å². The lowest BCUT2D eigenvalue weighted by atomic mass is 9.72. The number of nitrogens with one attached hydrogen (secondary N) is 4. The highest BCUT2D eigenvalue weighted by molar-refractivity contribution is 5.96. The number of hydrogen-bond acceptors (Lipinski definition) is 5. The molecule has 7 nitrogen and oxygen atoms in total. The zero-order chi connectivity index (χ0) is 27.0. The molecule has 10 heteroatoms. The van der Waals surface area contributed by atoms with Gasteiger partial charge in [-0.15, -0.1) is 0 Å². The van der Waals surface area contributed by atoms with Crippen molar-refractivity contribution in [3.8, 4) is 11.3 Å². The van der Waals surface area contributed by atoms with E-state index in [2.05, 4.69) is 20.5 Å². The molecule has 2 aliphatic carbocycles. The first-order valence-corrected chi connectivity index (χ1v) is 13.3. The third-order valence-electron chi connectivity index (χ3n) is 8.13. The summed E-state index contributed by atoms with van der Waals surface area (Å²) in [6.07, 6.45) is 3.92. The molecule has 0 bridgehead atoms. The highest BCUT2D eigenvalue weighted by atomic mass is 19.4. The summed E-state index contributed by atoms with van der Waals surface area (Å²) < 4.78 is 41.8. The number of pyridine rings is 1. The Labute approximate surface area is 220 Å². The zero-order valence-corrected chi connectivity index (χ0v) is 21.7. The molecule has 5 rings (SSSR count). The largest absolute Gasteiger partial charge is 0.433 e. The van der Waals surface area contributed by atoms with Crippen LogP contribution in [0.15, 0.2) is 30.3 Å². The van der Waals surface area contributed by atoms with E-state index in [1.165, 1.54) is 4.90 Å². The van der Waals surface area contributed by atoms with E-state index in [1.54, 1.807) is 7.05 Å². The van der Waals surface area contributed by atoms with Crippen molar-refractivity contribution in [1.82, 2.24) is 25.4 Å². The molecule has 2 unspecified atom stereocenters. The quantitative estimate of drug-likeness (QED) is 0.196. The smallest absolute Gasteiger partial charge is 0.324 e. The van der Waals surface area contributed by atoms with Gasteiger partial charge in [-0.1, -0.05) is 37.5 Å². The highest BCUT2D eigenvalue weighted by Gasteiger charge is 2.36. The number of halogens is 3. The van der Waals surface area contributed by atoms with Gasteiger partial charge in [0, 0.05) is 36.0 Å². The molecule has 0 spiro atoms. The van der Waals surface area contributed by atoms with E-state index in [4.69, 9.17) is 10.8 Å². The van der Waals surface area contributed by atoms with Crippen LogP contribution in [0.25, 0.3) is 22.2 Å². The van der Waals surface area contributed by atoms with Crippen LogP contribution in [0, 0.1) is 16.7 Å². The van der Waals surface area contributed by atoms with E-state index < -0.39 is 11.9 Å². The maximum absolute atomic E-state index is 13.9. The fraction of sp³-hybridized carbons (Fsp3) is 0.500. The summed E-state index contributed by atoms with van der Waals surface area (Å²) in [7, 11) is 1.69. The van der Waals surface area contributed by atoms with Gasteiger partial charge in [0.05, 0.1) is 17.5 Å². The van der Waals surface area contributed by atoms with E-state index in [1.807, 2.05) is 31.2 Å². The second-order valence-electron chi connectivity index (χ2n) is 10.7. The fourth-order valence-corrected chi connectivity index (χ4v) is 5.84. The Bertz CT molecular complexity index is 1320. The lowest BCUT2D eigenvalue weighted by Crippen LogP contribution is -2.36. The molecule has 0 saturated heterocycles. The normalized spacial score (nSPS) is 18.3. The number of nitrogens with zero attached hydrogens (tertiary/aromatic N) is 3. The lowest BCUT2D eigenvalue weighted by molar-refractivity contribution is -0.141. The summed E-state index contributed by atoms with van der Waals surface area (Å²) in [5, 5.41) is 27.6. The molecule has 2 aromatic heterocycles. The van der Waals surface area contributed by atoms with Crippen LogP contribution in [0.3, 0.4) is 0 Å². The number of aromatic nitrogens is 3. The lowest BCUT2D eigenvalue weighted by Gasteiger charge is -2.36. The van der Waals surface area contributed by atoms with Crippen molar-refractivity contribution in [2.75, 3.05) is 7.05 Å². The van der Waals surface area contributed by atoms with E-state index in [0.29, 0.717) is 39.6 Å². The first-order valence-electron chi connectivity index (χ1n) is 13.3. The molecule has 2 saturated carbocycles. The van der Waals surface area contributed by atoms with Crippen LogP contribution in [0.5, 0.6) is 0 Å². The van der Waals surface area contributed by atoms with Crippen LogP contribution >= 0.6 is 0 Å². The van der Waals surface area contributed by atoms with Crippen LogP contribution in [0.4, 0.5) is 13.2 Å². The number of likely N-dealkylation sites (N-methyl/N-ethyl adjacent to an activating group) is 1. The first kappa shape index (κ1) is 26.3. The number of H-pyrrole nitrogens is 1. The van der Waals surface area contributed by atoms with E-state index in [9.17, 15) is 13.2 Å². The van der Waals surface area contributed by atoms with Crippen LogP contribution in [0.1, 0.15) is 80.8 Å². The first-order chi connectivity index (χ1) is 18.2. The summed E-state index contributed by atoms with van der Waals surface area (Å²) in [5.74, 6) is 0.441. The second-order valence-corrected chi connectivity index (χ2v) is 10.7. The molecular formula is C28H34F3N7. The minimum Gasteiger partial charge on any atom is -0.324 e. The van der Waals surface area contributed by atoms with Gasteiger partial charge in [-0.05, 0) is 56.2 Å². The van der Waals surface area contributed by atoms with Crippen molar-refractivity contribution in [1.29, 1.82) is 10.8 Å². The average molecular weight is 526 g/mol. The molecule has 1 aromatic carbocycles. The van der Waals surface area contributed by atoms with Gasteiger partial charge in [-0.3, -0.25) is 15.9 Å². The van der Waals surface area contributed by atoms with E-state index in [-0.39, 0.29) is 18.0 Å². The highest BCUT2D eigenvalue weighted by Crippen LogP contribution is 2.42. The van der Waals surface area contributed by atoms with Gasteiger partial charge in [0.1, 0.15) is 17.2 Å². The Balaban J connectivity index is 1.57. The number of fused-ring (bicyclic) bond motifs is 1. The molecule has 3 aromatic rings. The number of hydrogen-bond donors (Lipinski definition) is 4. The van der Waals surface area contributed by atoms with E-state index in [0.717, 1.165) is 62.9 Å². The molecule has 2 fully saturated rings. The predicted molar refractivity (Wildman–Crippen MR) is 142 cm³/mol. The molecule has 202 valence electrons. The summed E-state index contributed by atoms with van der Waals surface area (Å²) in [4.78, 5) is 5.55. The van der Waals surface area contributed by atoms with Gasteiger partial charge in [0.15, 0.2) is 0 Å². The molecule has 0 amide bonds. The fourth-order valence-electron chi connectivity index (χ4n) is 5.84. The Morgan fingerprint density at radius 1 is 1.16 bits per heavy atom. The molecule has 0 radical (unpaired) electrons. The average Bonchev–Trinajstić information content (AvgIpc) is 3.54. The van der Waals surface area contributed by atoms with Crippen molar-refractivity contribution in [2.45, 2.75) is 76.0 Å². The van der Waals surface area contributed by atoms with Crippen molar-refractivity contribution in [3.63, 3.8) is 0 Å². The van der Waals surface area contributed by atoms with Gasteiger partial charge in [-0.2, -0.15) is 18.3 Å². The topological polar surface area (TPSA) is 105 Å². The second kappa shape index (κ2) is 10.5. The zero-order valence-electron chi connectivity index (χ0n) is 21.7. The van der Waals surface area contributed by atoms with Gasteiger partial charge < -0.3 is 10.2 Å². The summed E-state index contributed by atoms with van der Waals surface area (Å²) in [6, 6.07) is 8.57. The Morgan fingerprint density at radius 3 is 2.53 bits per heavy atom. The van der Waals surface area contributed by atoms with Crippen LogP contribution in [-0.2, 0) is 6.18 Å². The maximum atomic E-state index is 13.9. The van der Waals surface area contributed by atoms with Crippen molar-refractivity contribution >= 4 is 23.1 Å². The monoisotopic (exact) mass is 525 g/mol. The third-order valence-corrected chi connectivity index (χ3v) is 8.13. The third kappa shape index (κ3) is 5.06.